The molecule has 1 aromatic heterocycles. The molecule has 0 bridgehead atoms. The lowest BCUT2D eigenvalue weighted by Gasteiger charge is -2.08. The van der Waals surface area contributed by atoms with Crippen LogP contribution in [0.3, 0.4) is 0 Å². The average molecular weight is 367 g/mol. The molecule has 3 rings (SSSR count). The molecule has 2 aromatic carbocycles. The van der Waals surface area contributed by atoms with Gasteiger partial charge in [0.1, 0.15) is 5.69 Å². The lowest BCUT2D eigenvalue weighted by Crippen LogP contribution is -2.32. The van der Waals surface area contributed by atoms with Crippen LogP contribution in [0.2, 0.25) is 0 Å². The summed E-state index contributed by atoms with van der Waals surface area (Å²) in [6.45, 7) is 1.53. The number of nitrogens with zero attached hydrogens (tertiary/aromatic N) is 3. The van der Waals surface area contributed by atoms with Gasteiger partial charge >= 0.3 is 0 Å². The number of nitrogens with one attached hydrogen (secondary N) is 1. The van der Waals surface area contributed by atoms with Crippen LogP contribution in [0.25, 0.3) is 11.1 Å². The van der Waals surface area contributed by atoms with Crippen molar-refractivity contribution in [3.63, 3.8) is 0 Å². The molecular weight excluding hydrogens is 350 g/mol. The Bertz CT molecular complexity index is 971. The van der Waals surface area contributed by atoms with Gasteiger partial charge in [0.05, 0.1) is 5.75 Å². The molecule has 0 fully saturated rings. The Morgan fingerprint density at radius 1 is 1.08 bits per heavy atom. The van der Waals surface area contributed by atoms with E-state index in [0.717, 1.165) is 27.6 Å². The molecule has 7 nitrogen and oxygen atoms in total. The number of nitrogen functional groups attached to an aromatic ring is 1. The smallest absolute Gasteiger partial charge is 0.294 e. The number of anilines is 1. The summed E-state index contributed by atoms with van der Waals surface area (Å²) in [5.41, 5.74) is 2.65. The van der Waals surface area contributed by atoms with Crippen molar-refractivity contribution in [1.29, 1.82) is 0 Å². The second kappa shape index (κ2) is 7.83. The maximum atomic E-state index is 12.1. The fourth-order valence-corrected chi connectivity index (χ4v) is 2.93. The van der Waals surface area contributed by atoms with Crippen LogP contribution in [0.4, 0.5) is 5.69 Å². The molecule has 0 unspecified atom stereocenters. The van der Waals surface area contributed by atoms with Gasteiger partial charge in [0.15, 0.2) is 0 Å². The summed E-state index contributed by atoms with van der Waals surface area (Å²) in [6, 6.07) is 17.6. The van der Waals surface area contributed by atoms with E-state index in [1.54, 1.807) is 0 Å². The summed E-state index contributed by atoms with van der Waals surface area (Å²) in [7, 11) is 0. The van der Waals surface area contributed by atoms with Crippen LogP contribution in [0.5, 0.6) is 0 Å². The Balaban J connectivity index is 1.60. The molecular formula is C18H17N5O2S. The number of carbonyl (C=O) groups is 1. The quantitative estimate of drug-likeness (QED) is 0.528. The first-order chi connectivity index (χ1) is 12.5. The topological polar surface area (TPSA) is 103 Å². The summed E-state index contributed by atoms with van der Waals surface area (Å²) >= 11 is 1.05. The highest BCUT2D eigenvalue weighted by atomic mass is 32.2. The van der Waals surface area contributed by atoms with Gasteiger partial charge < -0.3 is 11.2 Å². The number of aromatic nitrogens is 3. The number of aryl methyl sites for hydroxylation is 1. The number of nitrogens with two attached hydrogens (primary N) is 1. The molecule has 1 heterocycles. The van der Waals surface area contributed by atoms with Crippen molar-refractivity contribution in [2.45, 2.75) is 12.1 Å². The molecule has 0 saturated carbocycles. The second-order valence-corrected chi connectivity index (χ2v) is 6.47. The molecule has 0 aliphatic carbocycles. The van der Waals surface area contributed by atoms with E-state index in [1.165, 1.54) is 6.92 Å². The van der Waals surface area contributed by atoms with Gasteiger partial charge in [-0.3, -0.25) is 9.59 Å². The van der Waals surface area contributed by atoms with Crippen molar-refractivity contribution >= 4 is 23.4 Å². The van der Waals surface area contributed by atoms with E-state index in [2.05, 4.69) is 15.5 Å². The highest BCUT2D eigenvalue weighted by Gasteiger charge is 2.10. The number of thioether (sulfide) groups is 1. The van der Waals surface area contributed by atoms with Gasteiger partial charge in [-0.05, 0) is 30.2 Å². The summed E-state index contributed by atoms with van der Waals surface area (Å²) in [5.74, 6) is 5.48. The third-order valence-corrected chi connectivity index (χ3v) is 4.57. The highest BCUT2D eigenvalue weighted by Crippen LogP contribution is 2.21. The van der Waals surface area contributed by atoms with Gasteiger partial charge in [0.25, 0.3) is 5.56 Å². The molecule has 0 saturated heterocycles. The maximum absolute atomic E-state index is 12.1. The summed E-state index contributed by atoms with van der Waals surface area (Å²) in [5, 5.41) is 10.5. The molecule has 0 radical (unpaired) electrons. The summed E-state index contributed by atoms with van der Waals surface area (Å²) < 4.78 is 0.898. The van der Waals surface area contributed by atoms with Crippen LogP contribution in [0.15, 0.2) is 64.5 Å². The minimum atomic E-state index is -0.431. The van der Waals surface area contributed by atoms with E-state index >= 15 is 0 Å². The van der Waals surface area contributed by atoms with Crippen LogP contribution in [0, 0.1) is 6.92 Å². The van der Waals surface area contributed by atoms with Gasteiger partial charge in [0, 0.05) is 5.69 Å². The van der Waals surface area contributed by atoms with Crippen LogP contribution < -0.4 is 16.7 Å². The largest absolute Gasteiger partial charge is 0.334 e. The number of rotatable bonds is 5. The van der Waals surface area contributed by atoms with E-state index < -0.39 is 5.56 Å². The molecule has 132 valence electrons. The van der Waals surface area contributed by atoms with Gasteiger partial charge in [-0.2, -0.15) is 4.68 Å². The number of hydrogen-bond acceptors (Lipinski definition) is 6. The fourth-order valence-electron chi connectivity index (χ4n) is 2.27. The lowest BCUT2D eigenvalue weighted by molar-refractivity contribution is -0.113. The average Bonchev–Trinajstić information content (AvgIpc) is 2.67. The zero-order valence-corrected chi connectivity index (χ0v) is 14.9. The number of carbonyl (C=O) groups excluding carboxylic acids is 1. The van der Waals surface area contributed by atoms with Gasteiger partial charge in [0.2, 0.25) is 11.1 Å². The normalized spacial score (nSPS) is 10.5. The predicted molar refractivity (Wildman–Crippen MR) is 102 cm³/mol. The molecule has 1 amide bonds. The van der Waals surface area contributed by atoms with E-state index in [-0.39, 0.29) is 22.5 Å². The molecule has 26 heavy (non-hydrogen) atoms. The van der Waals surface area contributed by atoms with E-state index in [4.69, 9.17) is 5.84 Å². The van der Waals surface area contributed by atoms with E-state index in [9.17, 15) is 9.59 Å². The van der Waals surface area contributed by atoms with Gasteiger partial charge in [-0.1, -0.05) is 54.2 Å². The minimum absolute atomic E-state index is 0.0643. The van der Waals surface area contributed by atoms with Gasteiger partial charge in [-0.15, -0.1) is 10.2 Å². The second-order valence-electron chi connectivity index (χ2n) is 5.52. The standard InChI is InChI=1S/C18H17N5O2S/c1-12-17(25)23(19)18(22-21-12)26-11-16(24)20-15-9-7-14(8-10-15)13-5-3-2-4-6-13/h2-10H,11,19H2,1H3,(H,20,24). The summed E-state index contributed by atoms with van der Waals surface area (Å²) in [6.07, 6.45) is 0. The third kappa shape index (κ3) is 4.09. The van der Waals surface area contributed by atoms with Crippen molar-refractivity contribution in [2.75, 3.05) is 16.9 Å². The van der Waals surface area contributed by atoms with Crippen molar-refractivity contribution in [2.24, 2.45) is 0 Å². The molecule has 0 aliphatic heterocycles. The zero-order valence-electron chi connectivity index (χ0n) is 14.0. The Hall–Kier alpha value is -3.13. The van der Waals surface area contributed by atoms with Crippen LogP contribution in [0.1, 0.15) is 5.69 Å². The predicted octanol–water partition coefficient (Wildman–Crippen LogP) is 2.06. The SMILES string of the molecule is Cc1nnc(SCC(=O)Nc2ccc(-c3ccccc3)cc2)n(N)c1=O. The zero-order chi connectivity index (χ0) is 18.5. The monoisotopic (exact) mass is 367 g/mol. The first kappa shape index (κ1) is 17.7. The minimum Gasteiger partial charge on any atom is -0.334 e. The third-order valence-electron chi connectivity index (χ3n) is 3.63. The number of hydrogen-bond donors (Lipinski definition) is 2. The fraction of sp³-hybridized carbons (Fsp3) is 0.111. The Morgan fingerprint density at radius 2 is 1.73 bits per heavy atom. The van der Waals surface area contributed by atoms with Crippen molar-refractivity contribution < 1.29 is 4.79 Å². The maximum Gasteiger partial charge on any atom is 0.294 e. The Morgan fingerprint density at radius 3 is 2.42 bits per heavy atom. The van der Waals surface area contributed by atoms with Crippen LogP contribution in [-0.4, -0.2) is 26.5 Å². The van der Waals surface area contributed by atoms with Crippen molar-refractivity contribution in [1.82, 2.24) is 14.9 Å². The van der Waals surface area contributed by atoms with Gasteiger partial charge in [-0.25, -0.2) is 0 Å². The summed E-state index contributed by atoms with van der Waals surface area (Å²) in [4.78, 5) is 23.8. The van der Waals surface area contributed by atoms with Crippen LogP contribution >= 0.6 is 11.8 Å². The van der Waals surface area contributed by atoms with Crippen molar-refractivity contribution in [3.8, 4) is 11.1 Å². The van der Waals surface area contributed by atoms with E-state index in [0.29, 0.717) is 5.69 Å². The Labute approximate surface area is 154 Å². The first-order valence-electron chi connectivity index (χ1n) is 7.84. The van der Waals surface area contributed by atoms with E-state index in [1.807, 2.05) is 54.6 Å². The van der Waals surface area contributed by atoms with Crippen molar-refractivity contribution in [3.05, 3.63) is 70.6 Å². The molecule has 8 heteroatoms. The Kier molecular flexibility index (Phi) is 5.33. The molecule has 0 atom stereocenters. The first-order valence-corrected chi connectivity index (χ1v) is 8.82. The molecule has 0 aliphatic rings. The highest BCUT2D eigenvalue weighted by molar-refractivity contribution is 7.99. The molecule has 3 N–H and O–H groups in total. The number of amides is 1. The number of benzene rings is 2. The molecule has 3 aromatic rings. The van der Waals surface area contributed by atoms with Crippen LogP contribution in [-0.2, 0) is 4.79 Å². The molecule has 0 spiro atoms. The lowest BCUT2D eigenvalue weighted by atomic mass is 10.1.